The number of hydrogen-bond donors (Lipinski definition) is 1. The maximum Gasteiger partial charge on any atom is 0.243 e. The molecule has 2 aromatic rings. The smallest absolute Gasteiger partial charge is 0.243 e. The van der Waals surface area contributed by atoms with Gasteiger partial charge < -0.3 is 5.32 Å². The molecule has 0 bridgehead atoms. The number of piperidine rings is 1. The third-order valence-electron chi connectivity index (χ3n) is 4.54. The first-order chi connectivity index (χ1) is 12.9. The summed E-state index contributed by atoms with van der Waals surface area (Å²) in [6.07, 6.45) is 4.19. The van der Waals surface area contributed by atoms with Crippen molar-refractivity contribution in [2.75, 3.05) is 13.1 Å². The Kier molecular flexibility index (Phi) is 6.08. The highest BCUT2D eigenvalue weighted by Gasteiger charge is 2.32. The van der Waals surface area contributed by atoms with Crippen molar-refractivity contribution in [3.05, 3.63) is 59.1 Å². The van der Waals surface area contributed by atoms with Crippen molar-refractivity contribution >= 4 is 27.5 Å². The summed E-state index contributed by atoms with van der Waals surface area (Å²) < 4.78 is 39.9. The number of halogens is 2. The van der Waals surface area contributed by atoms with Crippen molar-refractivity contribution in [1.82, 2.24) is 14.6 Å². The number of hydrogen-bond acceptors (Lipinski definition) is 4. The van der Waals surface area contributed by atoms with E-state index in [-0.39, 0.29) is 34.8 Å². The molecule has 6 nitrogen and oxygen atoms in total. The first kappa shape index (κ1) is 19.7. The molecule has 1 saturated heterocycles. The summed E-state index contributed by atoms with van der Waals surface area (Å²) in [6.45, 7) is 0.837. The van der Waals surface area contributed by atoms with Gasteiger partial charge in [-0.1, -0.05) is 17.7 Å². The van der Waals surface area contributed by atoms with Gasteiger partial charge in [0.25, 0.3) is 0 Å². The van der Waals surface area contributed by atoms with Crippen LogP contribution in [-0.2, 0) is 21.4 Å². The first-order valence-corrected chi connectivity index (χ1v) is 10.3. The van der Waals surface area contributed by atoms with E-state index >= 15 is 0 Å². The van der Waals surface area contributed by atoms with Crippen molar-refractivity contribution in [2.45, 2.75) is 24.3 Å². The molecule has 2 heterocycles. The van der Waals surface area contributed by atoms with Crippen molar-refractivity contribution in [3.8, 4) is 0 Å². The topological polar surface area (TPSA) is 79.4 Å². The van der Waals surface area contributed by atoms with Gasteiger partial charge in [-0.05, 0) is 42.7 Å². The zero-order valence-corrected chi connectivity index (χ0v) is 16.0. The molecule has 9 heteroatoms. The van der Waals surface area contributed by atoms with Gasteiger partial charge in [0.2, 0.25) is 15.9 Å². The van der Waals surface area contributed by atoms with Gasteiger partial charge in [0.1, 0.15) is 5.82 Å². The fraction of sp³-hybridized carbons (Fsp3) is 0.333. The second kappa shape index (κ2) is 8.33. The van der Waals surface area contributed by atoms with Gasteiger partial charge in [-0.15, -0.1) is 0 Å². The highest BCUT2D eigenvalue weighted by atomic mass is 35.5. The molecule has 1 amide bonds. The standard InChI is InChI=1S/C18H19ClFN3O3S/c19-16-10-15(3-4-17(16)20)27(25,26)23-8-5-14(6-9-23)18(24)22-12-13-2-1-7-21-11-13/h1-4,7,10-11,14H,5-6,8-9,12H2,(H,22,24). The number of carbonyl (C=O) groups excluding carboxylic acids is 1. The van der Waals surface area contributed by atoms with E-state index in [1.807, 2.05) is 6.07 Å². The van der Waals surface area contributed by atoms with Crippen LogP contribution in [0, 0.1) is 11.7 Å². The van der Waals surface area contributed by atoms with Crippen LogP contribution >= 0.6 is 11.6 Å². The zero-order valence-electron chi connectivity index (χ0n) is 14.4. The van der Waals surface area contributed by atoms with Crippen LogP contribution in [0.25, 0.3) is 0 Å². The highest BCUT2D eigenvalue weighted by molar-refractivity contribution is 7.89. The molecule has 1 aromatic heterocycles. The van der Waals surface area contributed by atoms with E-state index in [1.54, 1.807) is 18.5 Å². The molecule has 0 saturated carbocycles. The zero-order chi connectivity index (χ0) is 19.4. The van der Waals surface area contributed by atoms with Crippen molar-refractivity contribution in [3.63, 3.8) is 0 Å². The molecule has 0 aliphatic carbocycles. The molecule has 0 spiro atoms. The van der Waals surface area contributed by atoms with E-state index in [9.17, 15) is 17.6 Å². The molecule has 0 radical (unpaired) electrons. The second-order valence-electron chi connectivity index (χ2n) is 6.33. The Morgan fingerprint density at radius 3 is 2.67 bits per heavy atom. The van der Waals surface area contributed by atoms with E-state index < -0.39 is 15.8 Å². The quantitative estimate of drug-likeness (QED) is 0.820. The van der Waals surface area contributed by atoms with Crippen LogP contribution in [0.1, 0.15) is 18.4 Å². The van der Waals surface area contributed by atoms with Gasteiger partial charge in [-0.2, -0.15) is 4.31 Å². The molecule has 3 rings (SSSR count). The largest absolute Gasteiger partial charge is 0.352 e. The minimum Gasteiger partial charge on any atom is -0.352 e. The SMILES string of the molecule is O=C(NCc1cccnc1)C1CCN(S(=O)(=O)c2ccc(F)c(Cl)c2)CC1. The van der Waals surface area contributed by atoms with Crippen LogP contribution in [0.3, 0.4) is 0 Å². The Balaban J connectivity index is 1.57. The van der Waals surface area contributed by atoms with Crippen LogP contribution in [0.4, 0.5) is 4.39 Å². The Hall–Kier alpha value is -2.03. The molecule has 27 heavy (non-hydrogen) atoms. The van der Waals surface area contributed by atoms with Crippen LogP contribution in [0.15, 0.2) is 47.6 Å². The Morgan fingerprint density at radius 1 is 1.30 bits per heavy atom. The minimum absolute atomic E-state index is 0.0478. The summed E-state index contributed by atoms with van der Waals surface area (Å²) in [5.41, 5.74) is 0.902. The number of pyridine rings is 1. The van der Waals surface area contributed by atoms with Crippen LogP contribution < -0.4 is 5.32 Å². The number of amides is 1. The van der Waals surface area contributed by atoms with E-state index in [2.05, 4.69) is 10.3 Å². The van der Waals surface area contributed by atoms with E-state index in [1.165, 1.54) is 10.4 Å². The number of nitrogens with zero attached hydrogens (tertiary/aromatic N) is 2. The number of carbonyl (C=O) groups is 1. The molecule has 144 valence electrons. The van der Waals surface area contributed by atoms with Gasteiger partial charge in [-0.25, -0.2) is 12.8 Å². The predicted octanol–water partition coefficient (Wildman–Crippen LogP) is 2.59. The van der Waals surface area contributed by atoms with Crippen molar-refractivity contribution < 1.29 is 17.6 Å². The summed E-state index contributed by atoms with van der Waals surface area (Å²) in [5, 5.41) is 2.63. The summed E-state index contributed by atoms with van der Waals surface area (Å²) in [7, 11) is -3.76. The normalized spacial score (nSPS) is 16.2. The Bertz CT molecular complexity index is 917. The van der Waals surface area contributed by atoms with Crippen LogP contribution in [0.5, 0.6) is 0 Å². The predicted molar refractivity (Wildman–Crippen MR) is 99.0 cm³/mol. The summed E-state index contributed by atoms with van der Waals surface area (Å²) in [4.78, 5) is 16.3. The van der Waals surface area contributed by atoms with Gasteiger partial charge in [0.05, 0.1) is 9.92 Å². The summed E-state index contributed by atoms with van der Waals surface area (Å²) in [5.74, 6) is -1.01. The van der Waals surface area contributed by atoms with E-state index in [4.69, 9.17) is 11.6 Å². The summed E-state index contributed by atoms with van der Waals surface area (Å²) in [6, 6.07) is 7.01. The van der Waals surface area contributed by atoms with Crippen molar-refractivity contribution in [2.24, 2.45) is 5.92 Å². The molecule has 1 aliphatic heterocycles. The van der Waals surface area contributed by atoms with E-state index in [0.29, 0.717) is 19.4 Å². The second-order valence-corrected chi connectivity index (χ2v) is 8.68. The van der Waals surface area contributed by atoms with Crippen molar-refractivity contribution in [1.29, 1.82) is 0 Å². The molecular formula is C18H19ClFN3O3S. The molecule has 1 N–H and O–H groups in total. The molecule has 0 atom stereocenters. The molecule has 1 fully saturated rings. The lowest BCUT2D eigenvalue weighted by molar-refractivity contribution is -0.126. The Morgan fingerprint density at radius 2 is 2.04 bits per heavy atom. The van der Waals surface area contributed by atoms with Crippen LogP contribution in [0.2, 0.25) is 5.02 Å². The van der Waals surface area contributed by atoms with Gasteiger partial charge in [0, 0.05) is 37.9 Å². The lowest BCUT2D eigenvalue weighted by Gasteiger charge is -2.30. The molecular weight excluding hydrogens is 393 g/mol. The number of rotatable bonds is 5. The van der Waals surface area contributed by atoms with Crippen LogP contribution in [-0.4, -0.2) is 36.7 Å². The maximum atomic E-state index is 13.3. The summed E-state index contributed by atoms with van der Waals surface area (Å²) >= 11 is 5.69. The monoisotopic (exact) mass is 411 g/mol. The molecule has 1 aliphatic rings. The first-order valence-electron chi connectivity index (χ1n) is 8.50. The molecule has 1 aromatic carbocycles. The van der Waals surface area contributed by atoms with Gasteiger partial charge >= 0.3 is 0 Å². The number of benzene rings is 1. The van der Waals surface area contributed by atoms with Gasteiger partial charge in [-0.3, -0.25) is 9.78 Å². The third kappa shape index (κ3) is 4.63. The van der Waals surface area contributed by atoms with Gasteiger partial charge in [0.15, 0.2) is 0 Å². The fourth-order valence-corrected chi connectivity index (χ4v) is 4.72. The lowest BCUT2D eigenvalue weighted by atomic mass is 9.97. The third-order valence-corrected chi connectivity index (χ3v) is 6.73. The number of nitrogens with one attached hydrogen (secondary N) is 1. The average molecular weight is 412 g/mol. The fourth-order valence-electron chi connectivity index (χ4n) is 2.98. The highest BCUT2D eigenvalue weighted by Crippen LogP contribution is 2.26. The van der Waals surface area contributed by atoms with E-state index in [0.717, 1.165) is 17.7 Å². The molecule has 0 unspecified atom stereocenters. The average Bonchev–Trinajstić information content (AvgIpc) is 2.69. The lowest BCUT2D eigenvalue weighted by Crippen LogP contribution is -2.42. The Labute approximate surface area is 162 Å². The number of aromatic nitrogens is 1. The minimum atomic E-state index is -3.76. The maximum absolute atomic E-state index is 13.3. The number of sulfonamides is 1.